The molecule has 0 bridgehead atoms. The molecule has 0 heterocycles. The van der Waals surface area contributed by atoms with Gasteiger partial charge in [-0.15, -0.1) is 0 Å². The summed E-state index contributed by atoms with van der Waals surface area (Å²) in [5.74, 6) is 1.01. The van der Waals surface area contributed by atoms with E-state index >= 15 is 0 Å². The Labute approximate surface area is 103 Å². The van der Waals surface area contributed by atoms with Crippen molar-refractivity contribution in [2.75, 3.05) is 14.2 Å². The second-order valence-electron chi connectivity index (χ2n) is 4.23. The van der Waals surface area contributed by atoms with E-state index in [9.17, 15) is 4.39 Å². The molecule has 1 atom stereocenters. The minimum absolute atomic E-state index is 0.135. The van der Waals surface area contributed by atoms with Crippen LogP contribution in [0.5, 0.6) is 5.75 Å². The van der Waals surface area contributed by atoms with Crippen LogP contribution >= 0.6 is 0 Å². The Morgan fingerprint density at radius 1 is 1.29 bits per heavy atom. The van der Waals surface area contributed by atoms with E-state index in [2.05, 4.69) is 19.2 Å². The lowest BCUT2D eigenvalue weighted by Gasteiger charge is -2.26. The molecule has 2 nitrogen and oxygen atoms in total. The molecule has 1 N–H and O–H groups in total. The fraction of sp³-hybridized carbons (Fsp3) is 0.571. The molecule has 1 aromatic rings. The van der Waals surface area contributed by atoms with Gasteiger partial charge in [-0.1, -0.05) is 26.7 Å². The number of methoxy groups -OCH3 is 1. The molecule has 0 aliphatic rings. The van der Waals surface area contributed by atoms with Crippen molar-refractivity contribution in [1.29, 1.82) is 0 Å². The van der Waals surface area contributed by atoms with Gasteiger partial charge in [0.1, 0.15) is 11.6 Å². The summed E-state index contributed by atoms with van der Waals surface area (Å²) in [5, 5.41) is 3.28. The number of halogens is 1. The molecule has 0 spiro atoms. The van der Waals surface area contributed by atoms with E-state index in [0.717, 1.165) is 24.2 Å². The predicted octanol–water partition coefficient (Wildman–Crippen LogP) is 3.53. The van der Waals surface area contributed by atoms with E-state index in [1.54, 1.807) is 19.2 Å². The Hall–Kier alpha value is -1.09. The summed E-state index contributed by atoms with van der Waals surface area (Å²) in [6.45, 7) is 4.31. The smallest absolute Gasteiger partial charge is 0.123 e. The SMILES string of the molecule is CCC(CC)C(NC)c1cc(F)ccc1OC. The zero-order chi connectivity index (χ0) is 12.8. The third-order valence-electron chi connectivity index (χ3n) is 3.36. The highest BCUT2D eigenvalue weighted by Crippen LogP contribution is 2.33. The lowest BCUT2D eigenvalue weighted by Crippen LogP contribution is -2.25. The van der Waals surface area contributed by atoms with E-state index in [1.807, 2.05) is 7.05 Å². The molecule has 0 aliphatic heterocycles. The van der Waals surface area contributed by atoms with Crippen LogP contribution in [0.3, 0.4) is 0 Å². The highest BCUT2D eigenvalue weighted by atomic mass is 19.1. The van der Waals surface area contributed by atoms with E-state index in [4.69, 9.17) is 4.74 Å². The van der Waals surface area contributed by atoms with E-state index in [-0.39, 0.29) is 11.9 Å². The van der Waals surface area contributed by atoms with E-state index in [1.165, 1.54) is 6.07 Å². The van der Waals surface area contributed by atoms with Crippen molar-refractivity contribution in [2.24, 2.45) is 5.92 Å². The van der Waals surface area contributed by atoms with Gasteiger partial charge in [0.2, 0.25) is 0 Å². The van der Waals surface area contributed by atoms with Crippen molar-refractivity contribution in [3.05, 3.63) is 29.6 Å². The average molecular weight is 239 g/mol. The Bertz CT molecular complexity index is 350. The maximum atomic E-state index is 13.4. The molecular formula is C14H22FNO. The first-order chi connectivity index (χ1) is 8.17. The molecule has 0 saturated carbocycles. The van der Waals surface area contributed by atoms with Crippen LogP contribution in [0.25, 0.3) is 0 Å². The first kappa shape index (κ1) is 14.0. The Balaban J connectivity index is 3.13. The molecule has 17 heavy (non-hydrogen) atoms. The number of hydrogen-bond acceptors (Lipinski definition) is 2. The Morgan fingerprint density at radius 3 is 2.41 bits per heavy atom. The molecular weight excluding hydrogens is 217 g/mol. The molecule has 0 fully saturated rings. The van der Waals surface area contributed by atoms with Gasteiger partial charge in [-0.05, 0) is 31.2 Å². The highest BCUT2D eigenvalue weighted by molar-refractivity contribution is 5.36. The number of benzene rings is 1. The molecule has 1 unspecified atom stereocenters. The molecule has 0 aromatic heterocycles. The third kappa shape index (κ3) is 3.19. The molecule has 0 radical (unpaired) electrons. The molecule has 0 saturated heterocycles. The van der Waals surface area contributed by atoms with Gasteiger partial charge in [0.15, 0.2) is 0 Å². The first-order valence-corrected chi connectivity index (χ1v) is 6.18. The second kappa shape index (κ2) is 6.60. The van der Waals surface area contributed by atoms with Crippen molar-refractivity contribution < 1.29 is 9.13 Å². The van der Waals surface area contributed by atoms with Gasteiger partial charge < -0.3 is 10.1 Å². The van der Waals surface area contributed by atoms with Gasteiger partial charge in [-0.2, -0.15) is 0 Å². The van der Waals surface area contributed by atoms with Crippen LogP contribution in [0.2, 0.25) is 0 Å². The highest BCUT2D eigenvalue weighted by Gasteiger charge is 2.22. The fourth-order valence-corrected chi connectivity index (χ4v) is 2.35. The van der Waals surface area contributed by atoms with Gasteiger partial charge in [0.05, 0.1) is 7.11 Å². The van der Waals surface area contributed by atoms with Crippen LogP contribution in [0.1, 0.15) is 38.3 Å². The van der Waals surface area contributed by atoms with Crippen molar-refractivity contribution in [3.63, 3.8) is 0 Å². The van der Waals surface area contributed by atoms with Crippen LogP contribution in [-0.2, 0) is 0 Å². The molecule has 0 amide bonds. The number of ether oxygens (including phenoxy) is 1. The third-order valence-corrected chi connectivity index (χ3v) is 3.36. The number of nitrogens with one attached hydrogen (secondary N) is 1. The normalized spacial score (nSPS) is 12.8. The Kier molecular flexibility index (Phi) is 5.42. The van der Waals surface area contributed by atoms with E-state index in [0.29, 0.717) is 5.92 Å². The minimum Gasteiger partial charge on any atom is -0.496 e. The topological polar surface area (TPSA) is 21.3 Å². The van der Waals surface area contributed by atoms with Gasteiger partial charge in [-0.25, -0.2) is 4.39 Å². The summed E-state index contributed by atoms with van der Waals surface area (Å²) in [4.78, 5) is 0. The summed E-state index contributed by atoms with van der Waals surface area (Å²) in [6, 6.07) is 4.83. The van der Waals surface area contributed by atoms with Gasteiger partial charge in [-0.3, -0.25) is 0 Å². The van der Waals surface area contributed by atoms with Crippen LogP contribution < -0.4 is 10.1 Å². The van der Waals surface area contributed by atoms with Gasteiger partial charge in [0, 0.05) is 11.6 Å². The molecule has 1 rings (SSSR count). The molecule has 96 valence electrons. The number of hydrogen-bond donors (Lipinski definition) is 1. The molecule has 0 aliphatic carbocycles. The summed E-state index contributed by atoms with van der Waals surface area (Å²) in [5.41, 5.74) is 0.906. The zero-order valence-corrected chi connectivity index (χ0v) is 11.1. The van der Waals surface area contributed by atoms with Crippen molar-refractivity contribution in [3.8, 4) is 5.75 Å². The standard InChI is InChI=1S/C14H22FNO/c1-5-10(6-2)14(16-3)12-9-11(15)7-8-13(12)17-4/h7-10,14,16H,5-6H2,1-4H3. The maximum Gasteiger partial charge on any atom is 0.123 e. The average Bonchev–Trinajstić information content (AvgIpc) is 2.35. The van der Waals surface area contributed by atoms with Crippen LogP contribution in [0, 0.1) is 11.7 Å². The quantitative estimate of drug-likeness (QED) is 0.820. The maximum absolute atomic E-state index is 13.4. The first-order valence-electron chi connectivity index (χ1n) is 6.18. The van der Waals surface area contributed by atoms with Crippen molar-refractivity contribution in [1.82, 2.24) is 5.32 Å². The second-order valence-corrected chi connectivity index (χ2v) is 4.23. The lowest BCUT2D eigenvalue weighted by molar-refractivity contribution is 0.338. The van der Waals surface area contributed by atoms with Crippen LogP contribution in [0.4, 0.5) is 4.39 Å². The zero-order valence-electron chi connectivity index (χ0n) is 11.1. The minimum atomic E-state index is -0.216. The van der Waals surface area contributed by atoms with Crippen LogP contribution in [-0.4, -0.2) is 14.2 Å². The Morgan fingerprint density at radius 2 is 1.94 bits per heavy atom. The van der Waals surface area contributed by atoms with Crippen molar-refractivity contribution >= 4 is 0 Å². The summed E-state index contributed by atoms with van der Waals surface area (Å²) in [6.07, 6.45) is 2.11. The van der Waals surface area contributed by atoms with Gasteiger partial charge >= 0.3 is 0 Å². The summed E-state index contributed by atoms with van der Waals surface area (Å²) in [7, 11) is 3.53. The molecule has 3 heteroatoms. The van der Waals surface area contributed by atoms with E-state index < -0.39 is 0 Å². The monoisotopic (exact) mass is 239 g/mol. The predicted molar refractivity (Wildman–Crippen MR) is 68.8 cm³/mol. The largest absolute Gasteiger partial charge is 0.496 e. The lowest BCUT2D eigenvalue weighted by atomic mass is 9.88. The fourth-order valence-electron chi connectivity index (χ4n) is 2.35. The number of rotatable bonds is 6. The summed E-state index contributed by atoms with van der Waals surface area (Å²) >= 11 is 0. The summed E-state index contributed by atoms with van der Waals surface area (Å²) < 4.78 is 18.7. The van der Waals surface area contributed by atoms with Crippen LogP contribution in [0.15, 0.2) is 18.2 Å². The van der Waals surface area contributed by atoms with Crippen molar-refractivity contribution in [2.45, 2.75) is 32.7 Å². The molecule has 1 aromatic carbocycles. The van der Waals surface area contributed by atoms with Gasteiger partial charge in [0.25, 0.3) is 0 Å².